The molecular formula is C20H26N2O3. The Kier molecular flexibility index (Phi) is 5.11. The summed E-state index contributed by atoms with van der Waals surface area (Å²) >= 11 is 0. The molecule has 25 heavy (non-hydrogen) atoms. The van der Waals surface area contributed by atoms with Gasteiger partial charge in [-0.3, -0.25) is 4.79 Å². The van der Waals surface area contributed by atoms with Crippen LogP contribution in [0.25, 0.3) is 0 Å². The quantitative estimate of drug-likeness (QED) is 0.626. The molecule has 0 spiro atoms. The summed E-state index contributed by atoms with van der Waals surface area (Å²) in [5.41, 5.74) is 3.61. The van der Waals surface area contributed by atoms with E-state index in [0.29, 0.717) is 19.4 Å². The average Bonchev–Trinajstić information content (AvgIpc) is 3.13. The second kappa shape index (κ2) is 7.30. The number of methoxy groups -OCH3 is 1. The van der Waals surface area contributed by atoms with Gasteiger partial charge in [-0.2, -0.15) is 0 Å². The monoisotopic (exact) mass is 342 g/mol. The lowest BCUT2D eigenvalue weighted by molar-refractivity contribution is -0.151. The maximum Gasteiger partial charge on any atom is 0.328 e. The minimum absolute atomic E-state index is 0.0311. The summed E-state index contributed by atoms with van der Waals surface area (Å²) in [7, 11) is 1.39. The number of hydrogen-bond donors (Lipinski definition) is 0. The molecule has 0 aliphatic carbocycles. The van der Waals surface area contributed by atoms with Crippen molar-refractivity contribution in [2.24, 2.45) is 0 Å². The first-order valence-electron chi connectivity index (χ1n) is 8.88. The van der Waals surface area contributed by atoms with E-state index in [4.69, 9.17) is 4.74 Å². The number of ether oxygens (including phenoxy) is 1. The van der Waals surface area contributed by atoms with Crippen LogP contribution in [0.5, 0.6) is 0 Å². The van der Waals surface area contributed by atoms with Gasteiger partial charge >= 0.3 is 5.97 Å². The molecule has 2 atom stereocenters. The van der Waals surface area contributed by atoms with E-state index < -0.39 is 6.04 Å². The molecule has 1 saturated heterocycles. The van der Waals surface area contributed by atoms with Gasteiger partial charge in [0, 0.05) is 18.8 Å². The average molecular weight is 342 g/mol. The Morgan fingerprint density at radius 1 is 1.08 bits per heavy atom. The molecule has 3 rings (SSSR count). The topological polar surface area (TPSA) is 49.9 Å². The van der Waals surface area contributed by atoms with Crippen LogP contribution in [0.3, 0.4) is 0 Å². The van der Waals surface area contributed by atoms with E-state index in [9.17, 15) is 9.59 Å². The third kappa shape index (κ3) is 3.41. The summed E-state index contributed by atoms with van der Waals surface area (Å²) in [6, 6.07) is 9.33. The summed E-state index contributed by atoms with van der Waals surface area (Å²) < 4.78 is 4.90. The highest BCUT2D eigenvalue weighted by molar-refractivity contribution is 5.91. The van der Waals surface area contributed by atoms with Gasteiger partial charge in [0.15, 0.2) is 0 Å². The van der Waals surface area contributed by atoms with E-state index in [2.05, 4.69) is 18.7 Å². The molecule has 1 aromatic rings. The van der Waals surface area contributed by atoms with E-state index in [1.54, 1.807) is 4.90 Å². The van der Waals surface area contributed by atoms with Crippen LogP contribution < -0.4 is 4.90 Å². The maximum atomic E-state index is 13.3. The zero-order valence-corrected chi connectivity index (χ0v) is 15.2. The second-order valence-electron chi connectivity index (χ2n) is 6.96. The van der Waals surface area contributed by atoms with Crippen LogP contribution in [-0.4, -0.2) is 49.1 Å². The number of nitrogens with zero attached hydrogens (tertiary/aromatic N) is 2. The van der Waals surface area contributed by atoms with Crippen LogP contribution in [0.4, 0.5) is 5.69 Å². The summed E-state index contributed by atoms with van der Waals surface area (Å²) in [5.74, 6) is -0.278. The number of esters is 1. The molecule has 134 valence electrons. The van der Waals surface area contributed by atoms with E-state index in [0.717, 1.165) is 18.7 Å². The normalized spacial score (nSPS) is 23.8. The lowest BCUT2D eigenvalue weighted by Gasteiger charge is -2.40. The molecule has 0 aromatic heterocycles. The Morgan fingerprint density at radius 2 is 1.80 bits per heavy atom. The summed E-state index contributed by atoms with van der Waals surface area (Å²) in [6.07, 6.45) is 2.23. The Hall–Kier alpha value is -2.30. The van der Waals surface area contributed by atoms with Gasteiger partial charge in [-0.05, 0) is 45.2 Å². The van der Waals surface area contributed by atoms with Crippen molar-refractivity contribution in [3.63, 3.8) is 0 Å². The molecule has 2 heterocycles. The van der Waals surface area contributed by atoms with Crippen molar-refractivity contribution in [2.45, 2.75) is 45.2 Å². The van der Waals surface area contributed by atoms with Crippen molar-refractivity contribution < 1.29 is 14.3 Å². The molecule has 0 unspecified atom stereocenters. The highest BCUT2D eigenvalue weighted by Crippen LogP contribution is 2.31. The number of benzene rings is 1. The van der Waals surface area contributed by atoms with Gasteiger partial charge in [0.05, 0.1) is 7.11 Å². The molecule has 5 heteroatoms. The zero-order chi connectivity index (χ0) is 18.0. The van der Waals surface area contributed by atoms with Gasteiger partial charge in [0.1, 0.15) is 12.1 Å². The van der Waals surface area contributed by atoms with Crippen molar-refractivity contribution >= 4 is 17.6 Å². The fourth-order valence-corrected chi connectivity index (χ4v) is 3.79. The summed E-state index contributed by atoms with van der Waals surface area (Å²) in [6.45, 7) is 5.58. The Morgan fingerprint density at radius 3 is 2.48 bits per heavy atom. The van der Waals surface area contributed by atoms with Gasteiger partial charge in [0.25, 0.3) is 0 Å². The fourth-order valence-electron chi connectivity index (χ4n) is 3.79. The van der Waals surface area contributed by atoms with Gasteiger partial charge in [-0.25, -0.2) is 4.79 Å². The summed E-state index contributed by atoms with van der Waals surface area (Å²) in [4.78, 5) is 29.2. The van der Waals surface area contributed by atoms with Crippen LogP contribution in [0, 0.1) is 0 Å². The predicted molar refractivity (Wildman–Crippen MR) is 97.3 cm³/mol. The molecule has 0 saturated carbocycles. The first-order valence-corrected chi connectivity index (χ1v) is 8.88. The number of anilines is 1. The molecule has 5 nitrogen and oxygen atoms in total. The number of likely N-dealkylation sites (tertiary alicyclic amines) is 1. The SMILES string of the molecule is COC(=O)[C@@H]1CCCN1C(=O)[C@@H]1CC(C)=C(C)CN1c1ccccc1. The molecule has 1 aromatic carbocycles. The van der Waals surface area contributed by atoms with E-state index in [1.165, 1.54) is 18.3 Å². The minimum atomic E-state index is -0.442. The Balaban J connectivity index is 1.89. The molecule has 0 N–H and O–H groups in total. The summed E-state index contributed by atoms with van der Waals surface area (Å²) in [5, 5.41) is 0. The molecule has 2 aliphatic rings. The van der Waals surface area contributed by atoms with Gasteiger partial charge < -0.3 is 14.5 Å². The first kappa shape index (κ1) is 17.5. The van der Waals surface area contributed by atoms with Crippen molar-refractivity contribution in [3.05, 3.63) is 41.5 Å². The van der Waals surface area contributed by atoms with Crippen LogP contribution in [0.1, 0.15) is 33.1 Å². The highest BCUT2D eigenvalue weighted by Gasteiger charge is 2.40. The van der Waals surface area contributed by atoms with Gasteiger partial charge in [-0.15, -0.1) is 0 Å². The van der Waals surface area contributed by atoms with E-state index in [1.807, 2.05) is 30.3 Å². The van der Waals surface area contributed by atoms with Gasteiger partial charge in [0.2, 0.25) is 5.91 Å². The van der Waals surface area contributed by atoms with Gasteiger partial charge in [-0.1, -0.05) is 29.3 Å². The number of carbonyl (C=O) groups excluding carboxylic acids is 2. The lowest BCUT2D eigenvalue weighted by Crippen LogP contribution is -2.54. The molecular weight excluding hydrogens is 316 g/mol. The molecule has 2 aliphatic heterocycles. The van der Waals surface area contributed by atoms with E-state index in [-0.39, 0.29) is 17.9 Å². The smallest absolute Gasteiger partial charge is 0.328 e. The Labute approximate surface area is 149 Å². The molecule has 1 amide bonds. The zero-order valence-electron chi connectivity index (χ0n) is 15.2. The number of carbonyl (C=O) groups is 2. The number of rotatable bonds is 3. The Bertz CT molecular complexity index is 683. The van der Waals surface area contributed by atoms with Crippen molar-refractivity contribution in [2.75, 3.05) is 25.1 Å². The lowest BCUT2D eigenvalue weighted by atomic mass is 9.94. The third-order valence-electron chi connectivity index (χ3n) is 5.39. The highest BCUT2D eigenvalue weighted by atomic mass is 16.5. The first-order chi connectivity index (χ1) is 12.0. The van der Waals surface area contributed by atoms with Crippen LogP contribution in [-0.2, 0) is 14.3 Å². The second-order valence-corrected chi connectivity index (χ2v) is 6.96. The largest absolute Gasteiger partial charge is 0.467 e. The van der Waals surface area contributed by atoms with Crippen molar-refractivity contribution in [3.8, 4) is 0 Å². The van der Waals surface area contributed by atoms with E-state index >= 15 is 0 Å². The maximum absolute atomic E-state index is 13.3. The van der Waals surface area contributed by atoms with Crippen LogP contribution in [0.2, 0.25) is 0 Å². The number of para-hydroxylation sites is 1. The van der Waals surface area contributed by atoms with Crippen LogP contribution >= 0.6 is 0 Å². The molecule has 0 bridgehead atoms. The van der Waals surface area contributed by atoms with Crippen molar-refractivity contribution in [1.29, 1.82) is 0 Å². The fraction of sp³-hybridized carbons (Fsp3) is 0.500. The minimum Gasteiger partial charge on any atom is -0.467 e. The predicted octanol–water partition coefficient (Wildman–Crippen LogP) is 2.77. The van der Waals surface area contributed by atoms with Crippen LogP contribution in [0.15, 0.2) is 41.5 Å². The van der Waals surface area contributed by atoms with Crippen molar-refractivity contribution in [1.82, 2.24) is 4.90 Å². The number of hydrogen-bond acceptors (Lipinski definition) is 4. The molecule has 0 radical (unpaired) electrons. The molecule has 1 fully saturated rings. The standard InChI is InChI=1S/C20H26N2O3/c1-14-12-18(19(23)21-11-7-10-17(21)20(24)25-3)22(13-15(14)2)16-8-5-4-6-9-16/h4-6,8-9,17-18H,7,10-13H2,1-3H3/t17-,18-/m0/s1. The number of amides is 1. The third-order valence-corrected chi connectivity index (χ3v) is 5.39.